The maximum atomic E-state index is 12.5. The van der Waals surface area contributed by atoms with Crippen molar-refractivity contribution in [3.05, 3.63) is 0 Å². The Labute approximate surface area is 103 Å². The zero-order chi connectivity index (χ0) is 11.5. The van der Waals surface area contributed by atoms with E-state index in [0.717, 1.165) is 31.3 Å². The molecule has 2 nitrogen and oxygen atoms in total. The molecule has 4 fully saturated rings. The molecule has 3 aliphatic carbocycles. The molecule has 0 N–H and O–H groups in total. The van der Waals surface area contributed by atoms with E-state index in [9.17, 15) is 4.79 Å². The highest BCUT2D eigenvalue weighted by Crippen LogP contribution is 2.55. The van der Waals surface area contributed by atoms with Crippen LogP contribution >= 0.6 is 0 Å². The second kappa shape index (κ2) is 3.57. The van der Waals surface area contributed by atoms with Crippen molar-refractivity contribution >= 4 is 5.78 Å². The van der Waals surface area contributed by atoms with Crippen molar-refractivity contribution in [2.45, 2.75) is 57.0 Å². The van der Waals surface area contributed by atoms with Crippen LogP contribution in [0.4, 0.5) is 0 Å². The van der Waals surface area contributed by atoms with Crippen molar-refractivity contribution < 1.29 is 9.53 Å². The van der Waals surface area contributed by atoms with Gasteiger partial charge in [0, 0.05) is 18.4 Å². The molecule has 3 atom stereocenters. The SMILES string of the molecule is O=C(C1CC2CC2C1)C1CCOC2(CCC2)C1. The van der Waals surface area contributed by atoms with Crippen LogP contribution < -0.4 is 0 Å². The van der Waals surface area contributed by atoms with Crippen LogP contribution in [0.2, 0.25) is 0 Å². The third kappa shape index (κ3) is 1.68. The molecule has 1 aliphatic heterocycles. The molecule has 3 unspecified atom stereocenters. The monoisotopic (exact) mass is 234 g/mol. The quantitative estimate of drug-likeness (QED) is 0.734. The Balaban J connectivity index is 1.41. The largest absolute Gasteiger partial charge is 0.375 e. The molecule has 0 aromatic rings. The normalized spacial score (nSPS) is 46.4. The number of hydrogen-bond donors (Lipinski definition) is 0. The van der Waals surface area contributed by atoms with Gasteiger partial charge in [-0.25, -0.2) is 0 Å². The van der Waals surface area contributed by atoms with Crippen LogP contribution in [0, 0.1) is 23.7 Å². The molecule has 0 radical (unpaired) electrons. The lowest BCUT2D eigenvalue weighted by atomic mass is 9.69. The zero-order valence-corrected chi connectivity index (χ0v) is 10.5. The van der Waals surface area contributed by atoms with E-state index < -0.39 is 0 Å². The fourth-order valence-corrected chi connectivity index (χ4v) is 4.47. The minimum atomic E-state index is 0.139. The van der Waals surface area contributed by atoms with Gasteiger partial charge in [0.15, 0.2) is 0 Å². The number of carbonyl (C=O) groups excluding carboxylic acids is 1. The van der Waals surface area contributed by atoms with Gasteiger partial charge >= 0.3 is 0 Å². The number of carbonyl (C=O) groups is 1. The second-order valence-corrected chi connectivity index (χ2v) is 6.90. The first kappa shape index (κ1) is 10.5. The minimum absolute atomic E-state index is 0.139. The molecule has 4 rings (SSSR count). The van der Waals surface area contributed by atoms with Gasteiger partial charge in [-0.2, -0.15) is 0 Å². The smallest absolute Gasteiger partial charge is 0.139 e. The van der Waals surface area contributed by atoms with Crippen molar-refractivity contribution in [3.63, 3.8) is 0 Å². The molecule has 3 saturated carbocycles. The van der Waals surface area contributed by atoms with Crippen molar-refractivity contribution in [1.82, 2.24) is 0 Å². The summed E-state index contributed by atoms with van der Waals surface area (Å²) < 4.78 is 5.92. The predicted octanol–water partition coefficient (Wildman–Crippen LogP) is 2.95. The number of ketones is 1. The summed E-state index contributed by atoms with van der Waals surface area (Å²) in [5.74, 6) is 3.24. The number of hydrogen-bond acceptors (Lipinski definition) is 2. The first-order valence-corrected chi connectivity index (χ1v) is 7.43. The standard InChI is InChI=1S/C15H22O2/c16-14(13-7-11-6-12(11)8-13)10-2-5-17-15(9-10)3-1-4-15/h10-13H,1-9H2. The number of rotatable bonds is 2. The van der Waals surface area contributed by atoms with Gasteiger partial charge in [0.2, 0.25) is 0 Å². The fraction of sp³-hybridized carbons (Fsp3) is 0.933. The summed E-state index contributed by atoms with van der Waals surface area (Å²) in [6, 6.07) is 0. The van der Waals surface area contributed by atoms with Gasteiger partial charge in [0.1, 0.15) is 5.78 Å². The van der Waals surface area contributed by atoms with Crippen molar-refractivity contribution in [3.8, 4) is 0 Å². The van der Waals surface area contributed by atoms with Crippen LogP contribution in [-0.4, -0.2) is 18.0 Å². The number of fused-ring (bicyclic) bond motifs is 1. The summed E-state index contributed by atoms with van der Waals surface area (Å²) >= 11 is 0. The van der Waals surface area contributed by atoms with E-state index in [-0.39, 0.29) is 5.60 Å². The van der Waals surface area contributed by atoms with Gasteiger partial charge in [-0.3, -0.25) is 4.79 Å². The maximum Gasteiger partial charge on any atom is 0.139 e. The zero-order valence-electron chi connectivity index (χ0n) is 10.5. The van der Waals surface area contributed by atoms with Crippen LogP contribution in [-0.2, 0) is 9.53 Å². The Kier molecular flexibility index (Phi) is 2.21. The second-order valence-electron chi connectivity index (χ2n) is 6.90. The summed E-state index contributed by atoms with van der Waals surface area (Å²) in [6.07, 6.45) is 9.58. The summed E-state index contributed by atoms with van der Waals surface area (Å²) in [7, 11) is 0. The van der Waals surface area contributed by atoms with Crippen molar-refractivity contribution in [2.75, 3.05) is 6.61 Å². The van der Waals surface area contributed by atoms with Crippen LogP contribution in [0.1, 0.15) is 51.4 Å². The Morgan fingerprint density at radius 3 is 2.47 bits per heavy atom. The van der Waals surface area contributed by atoms with Gasteiger partial charge in [0.25, 0.3) is 0 Å². The molecule has 1 saturated heterocycles. The summed E-state index contributed by atoms with van der Waals surface area (Å²) in [4.78, 5) is 12.5. The molecule has 94 valence electrons. The molecule has 17 heavy (non-hydrogen) atoms. The van der Waals surface area contributed by atoms with Gasteiger partial charge in [-0.1, -0.05) is 0 Å². The summed E-state index contributed by atoms with van der Waals surface area (Å²) in [5.41, 5.74) is 0.139. The third-order valence-corrected chi connectivity index (χ3v) is 5.81. The van der Waals surface area contributed by atoms with Crippen LogP contribution in [0.25, 0.3) is 0 Å². The van der Waals surface area contributed by atoms with E-state index in [1.807, 2.05) is 0 Å². The summed E-state index contributed by atoms with van der Waals surface area (Å²) in [5, 5.41) is 0. The van der Waals surface area contributed by atoms with Crippen LogP contribution in [0.3, 0.4) is 0 Å². The lowest BCUT2D eigenvalue weighted by Gasteiger charge is -2.47. The molecule has 1 spiro atoms. The average molecular weight is 234 g/mol. The highest BCUT2D eigenvalue weighted by atomic mass is 16.5. The predicted molar refractivity (Wildman–Crippen MR) is 64.6 cm³/mol. The first-order valence-electron chi connectivity index (χ1n) is 7.43. The number of Topliss-reactive ketones (excluding diaryl/α,β-unsaturated/α-hetero) is 1. The van der Waals surface area contributed by atoms with E-state index >= 15 is 0 Å². The lowest BCUT2D eigenvalue weighted by molar-refractivity contribution is -0.157. The Morgan fingerprint density at radius 1 is 1.06 bits per heavy atom. The Morgan fingerprint density at radius 2 is 1.82 bits per heavy atom. The fourth-order valence-electron chi connectivity index (χ4n) is 4.47. The molecule has 4 aliphatic rings. The van der Waals surface area contributed by atoms with Crippen LogP contribution in [0.5, 0.6) is 0 Å². The molecular weight excluding hydrogens is 212 g/mol. The third-order valence-electron chi connectivity index (χ3n) is 5.81. The van der Waals surface area contributed by atoms with Crippen LogP contribution in [0.15, 0.2) is 0 Å². The van der Waals surface area contributed by atoms with Gasteiger partial charge < -0.3 is 4.74 Å². The maximum absolute atomic E-state index is 12.5. The lowest BCUT2D eigenvalue weighted by Crippen LogP contribution is -2.47. The van der Waals surface area contributed by atoms with E-state index in [1.165, 1.54) is 38.5 Å². The topological polar surface area (TPSA) is 26.3 Å². The van der Waals surface area contributed by atoms with E-state index in [4.69, 9.17) is 4.74 Å². The molecule has 0 bridgehead atoms. The highest BCUT2D eigenvalue weighted by molar-refractivity contribution is 5.84. The molecule has 1 heterocycles. The van der Waals surface area contributed by atoms with Crippen molar-refractivity contribution in [1.29, 1.82) is 0 Å². The highest BCUT2D eigenvalue weighted by Gasteiger charge is 2.51. The minimum Gasteiger partial charge on any atom is -0.375 e. The summed E-state index contributed by atoms with van der Waals surface area (Å²) in [6.45, 7) is 0.829. The first-order chi connectivity index (χ1) is 8.26. The molecule has 0 amide bonds. The van der Waals surface area contributed by atoms with Crippen molar-refractivity contribution in [2.24, 2.45) is 23.7 Å². The Bertz CT molecular complexity index is 335. The van der Waals surface area contributed by atoms with E-state index in [2.05, 4.69) is 0 Å². The molecule has 0 aromatic heterocycles. The molecule has 2 heteroatoms. The van der Waals surface area contributed by atoms with E-state index in [0.29, 0.717) is 17.6 Å². The average Bonchev–Trinajstić information content (AvgIpc) is 2.93. The molecular formula is C15H22O2. The number of ether oxygens (including phenoxy) is 1. The van der Waals surface area contributed by atoms with Gasteiger partial charge in [-0.05, 0) is 63.2 Å². The van der Waals surface area contributed by atoms with E-state index in [1.54, 1.807) is 0 Å². The van der Waals surface area contributed by atoms with Gasteiger partial charge in [0.05, 0.1) is 5.60 Å². The molecule has 0 aromatic carbocycles. The van der Waals surface area contributed by atoms with Gasteiger partial charge in [-0.15, -0.1) is 0 Å². The Hall–Kier alpha value is -0.370.